The van der Waals surface area contributed by atoms with Crippen molar-refractivity contribution in [3.8, 4) is 0 Å². The largest absolute Gasteiger partial charge is 0.353 e. The highest BCUT2D eigenvalue weighted by molar-refractivity contribution is 7.99. The molecule has 0 aliphatic carbocycles. The summed E-state index contributed by atoms with van der Waals surface area (Å²) in [7, 11) is 0. The zero-order valence-electron chi connectivity index (χ0n) is 13.1. The van der Waals surface area contributed by atoms with Crippen LogP contribution in [0.1, 0.15) is 32.6 Å². The van der Waals surface area contributed by atoms with Crippen molar-refractivity contribution < 1.29 is 9.59 Å². The molecule has 1 heterocycles. The fourth-order valence-corrected chi connectivity index (χ4v) is 3.45. The first-order valence-corrected chi connectivity index (χ1v) is 8.86. The second-order valence-electron chi connectivity index (χ2n) is 5.61. The first kappa shape index (κ1) is 16.9. The van der Waals surface area contributed by atoms with Gasteiger partial charge in [0.2, 0.25) is 11.8 Å². The van der Waals surface area contributed by atoms with E-state index in [1.165, 1.54) is 4.90 Å². The van der Waals surface area contributed by atoms with Gasteiger partial charge in [0.25, 0.3) is 0 Å². The van der Waals surface area contributed by atoms with Crippen molar-refractivity contribution in [2.45, 2.75) is 43.5 Å². The highest BCUT2D eigenvalue weighted by Crippen LogP contribution is 2.18. The van der Waals surface area contributed by atoms with Crippen LogP contribution in [0.4, 0.5) is 0 Å². The summed E-state index contributed by atoms with van der Waals surface area (Å²) in [5.74, 6) is 1.22. The number of amides is 2. The van der Waals surface area contributed by atoms with E-state index in [1.807, 2.05) is 23.1 Å². The Bertz CT molecular complexity index is 485. The Labute approximate surface area is 136 Å². The van der Waals surface area contributed by atoms with Crippen molar-refractivity contribution in [2.75, 3.05) is 18.8 Å². The molecular formula is C17H24N2O2S. The maximum atomic E-state index is 11.9. The van der Waals surface area contributed by atoms with E-state index in [0.717, 1.165) is 38.1 Å². The SMILES string of the molecule is CC(=O)N1CCC(NC(=O)CCCSc2ccccc2)CC1. The van der Waals surface area contributed by atoms with Gasteiger partial charge in [-0.15, -0.1) is 11.8 Å². The summed E-state index contributed by atoms with van der Waals surface area (Å²) in [6.45, 7) is 3.11. The van der Waals surface area contributed by atoms with Gasteiger partial charge in [0.15, 0.2) is 0 Å². The predicted octanol–water partition coefficient (Wildman–Crippen LogP) is 2.69. The summed E-state index contributed by atoms with van der Waals surface area (Å²) in [5, 5.41) is 3.09. The number of hydrogen-bond donors (Lipinski definition) is 1. The molecular weight excluding hydrogens is 296 g/mol. The van der Waals surface area contributed by atoms with E-state index in [0.29, 0.717) is 6.42 Å². The lowest BCUT2D eigenvalue weighted by atomic mass is 10.0. The summed E-state index contributed by atoms with van der Waals surface area (Å²) >= 11 is 1.79. The quantitative estimate of drug-likeness (QED) is 0.647. The van der Waals surface area contributed by atoms with Gasteiger partial charge in [0.05, 0.1) is 0 Å². The monoisotopic (exact) mass is 320 g/mol. The van der Waals surface area contributed by atoms with Gasteiger partial charge in [-0.05, 0) is 37.1 Å². The van der Waals surface area contributed by atoms with Crippen molar-refractivity contribution in [3.63, 3.8) is 0 Å². The molecule has 0 radical (unpaired) electrons. The number of carbonyl (C=O) groups excluding carboxylic acids is 2. The standard InChI is InChI=1S/C17H24N2O2S/c1-14(20)19-11-9-15(10-12-19)18-17(21)8-5-13-22-16-6-3-2-4-7-16/h2-4,6-7,15H,5,8-13H2,1H3,(H,18,21). The molecule has 0 bridgehead atoms. The molecule has 0 saturated carbocycles. The summed E-state index contributed by atoms with van der Waals surface area (Å²) in [4.78, 5) is 26.3. The van der Waals surface area contributed by atoms with Crippen molar-refractivity contribution in [2.24, 2.45) is 0 Å². The van der Waals surface area contributed by atoms with Crippen LogP contribution < -0.4 is 5.32 Å². The Kier molecular flexibility index (Phi) is 6.77. The fraction of sp³-hybridized carbons (Fsp3) is 0.529. The van der Waals surface area contributed by atoms with E-state index in [4.69, 9.17) is 0 Å². The number of hydrogen-bond acceptors (Lipinski definition) is 3. The van der Waals surface area contributed by atoms with Gasteiger partial charge >= 0.3 is 0 Å². The highest BCUT2D eigenvalue weighted by atomic mass is 32.2. The van der Waals surface area contributed by atoms with E-state index in [2.05, 4.69) is 17.4 Å². The number of thioether (sulfide) groups is 1. The molecule has 1 saturated heterocycles. The average molecular weight is 320 g/mol. The molecule has 1 aliphatic rings. The molecule has 22 heavy (non-hydrogen) atoms. The molecule has 0 atom stereocenters. The van der Waals surface area contributed by atoms with Crippen LogP contribution in [0.15, 0.2) is 35.2 Å². The maximum absolute atomic E-state index is 11.9. The van der Waals surface area contributed by atoms with E-state index < -0.39 is 0 Å². The lowest BCUT2D eigenvalue weighted by Gasteiger charge is -2.31. The van der Waals surface area contributed by atoms with E-state index in [-0.39, 0.29) is 17.9 Å². The molecule has 120 valence electrons. The van der Waals surface area contributed by atoms with Crippen LogP contribution in [0.5, 0.6) is 0 Å². The Balaban J connectivity index is 1.57. The van der Waals surface area contributed by atoms with E-state index >= 15 is 0 Å². The topological polar surface area (TPSA) is 49.4 Å². The van der Waals surface area contributed by atoms with Gasteiger partial charge in [0, 0.05) is 37.4 Å². The molecule has 2 rings (SSSR count). The number of carbonyl (C=O) groups is 2. The molecule has 0 spiro atoms. The van der Waals surface area contributed by atoms with Crippen LogP contribution in [0.2, 0.25) is 0 Å². The van der Waals surface area contributed by atoms with E-state index in [1.54, 1.807) is 18.7 Å². The Morgan fingerprint density at radius 1 is 1.23 bits per heavy atom. The van der Waals surface area contributed by atoms with Gasteiger partial charge in [-0.2, -0.15) is 0 Å². The molecule has 4 nitrogen and oxygen atoms in total. The maximum Gasteiger partial charge on any atom is 0.220 e. The van der Waals surface area contributed by atoms with Crippen molar-refractivity contribution in [3.05, 3.63) is 30.3 Å². The van der Waals surface area contributed by atoms with Crippen molar-refractivity contribution in [1.82, 2.24) is 10.2 Å². The van der Waals surface area contributed by atoms with Crippen LogP contribution in [-0.2, 0) is 9.59 Å². The van der Waals surface area contributed by atoms with Gasteiger partial charge < -0.3 is 10.2 Å². The summed E-state index contributed by atoms with van der Waals surface area (Å²) in [5.41, 5.74) is 0. The number of nitrogens with zero attached hydrogens (tertiary/aromatic N) is 1. The number of nitrogens with one attached hydrogen (secondary N) is 1. The van der Waals surface area contributed by atoms with Crippen LogP contribution in [0.25, 0.3) is 0 Å². The average Bonchev–Trinajstić information content (AvgIpc) is 2.53. The number of piperidine rings is 1. The van der Waals surface area contributed by atoms with Crippen LogP contribution in [-0.4, -0.2) is 41.6 Å². The smallest absolute Gasteiger partial charge is 0.220 e. The third kappa shape index (κ3) is 5.72. The zero-order valence-corrected chi connectivity index (χ0v) is 13.9. The highest BCUT2D eigenvalue weighted by Gasteiger charge is 2.21. The molecule has 1 fully saturated rings. The second-order valence-corrected chi connectivity index (χ2v) is 6.78. The molecule has 1 aliphatic heterocycles. The molecule has 1 N–H and O–H groups in total. The third-order valence-electron chi connectivity index (χ3n) is 3.87. The fourth-order valence-electron chi connectivity index (χ4n) is 2.58. The predicted molar refractivity (Wildman–Crippen MR) is 89.8 cm³/mol. The van der Waals surface area contributed by atoms with Gasteiger partial charge in [-0.25, -0.2) is 0 Å². The third-order valence-corrected chi connectivity index (χ3v) is 4.96. The molecule has 0 aromatic heterocycles. The molecule has 5 heteroatoms. The Morgan fingerprint density at radius 3 is 2.55 bits per heavy atom. The number of rotatable bonds is 6. The van der Waals surface area contributed by atoms with Crippen LogP contribution >= 0.6 is 11.8 Å². The molecule has 2 amide bonds. The Morgan fingerprint density at radius 2 is 1.91 bits per heavy atom. The second kappa shape index (κ2) is 8.83. The minimum Gasteiger partial charge on any atom is -0.353 e. The zero-order chi connectivity index (χ0) is 15.8. The summed E-state index contributed by atoms with van der Waals surface area (Å²) < 4.78 is 0. The first-order chi connectivity index (χ1) is 10.6. The van der Waals surface area contributed by atoms with Gasteiger partial charge in [0.1, 0.15) is 0 Å². The Hall–Kier alpha value is -1.49. The van der Waals surface area contributed by atoms with Crippen molar-refractivity contribution in [1.29, 1.82) is 0 Å². The molecule has 1 aromatic carbocycles. The molecule has 0 unspecified atom stereocenters. The van der Waals surface area contributed by atoms with Crippen molar-refractivity contribution >= 4 is 23.6 Å². The normalized spacial score (nSPS) is 15.6. The minimum absolute atomic E-state index is 0.128. The summed E-state index contributed by atoms with van der Waals surface area (Å²) in [6, 6.07) is 10.5. The molecule has 1 aromatic rings. The van der Waals surface area contributed by atoms with Crippen LogP contribution in [0, 0.1) is 0 Å². The van der Waals surface area contributed by atoms with Gasteiger partial charge in [-0.3, -0.25) is 9.59 Å². The minimum atomic E-state index is 0.128. The lowest BCUT2D eigenvalue weighted by Crippen LogP contribution is -2.45. The number of benzene rings is 1. The number of likely N-dealkylation sites (tertiary alicyclic amines) is 1. The van der Waals surface area contributed by atoms with Gasteiger partial charge in [-0.1, -0.05) is 18.2 Å². The summed E-state index contributed by atoms with van der Waals surface area (Å²) in [6.07, 6.45) is 3.19. The van der Waals surface area contributed by atoms with E-state index in [9.17, 15) is 9.59 Å². The lowest BCUT2D eigenvalue weighted by molar-refractivity contribution is -0.130. The first-order valence-electron chi connectivity index (χ1n) is 7.88. The van der Waals surface area contributed by atoms with Crippen LogP contribution in [0.3, 0.4) is 0 Å².